The van der Waals surface area contributed by atoms with Crippen LogP contribution in [0.5, 0.6) is 0 Å². The summed E-state index contributed by atoms with van der Waals surface area (Å²) in [6, 6.07) is 19.2. The van der Waals surface area contributed by atoms with Crippen molar-refractivity contribution in [2.24, 2.45) is 10.8 Å². The van der Waals surface area contributed by atoms with Crippen molar-refractivity contribution in [1.82, 2.24) is 5.43 Å². The van der Waals surface area contributed by atoms with Crippen LogP contribution in [0.2, 0.25) is 0 Å². The number of amides is 2. The maximum atomic E-state index is 10.7. The molecule has 0 aliphatic carbocycles. The molecule has 0 heterocycles. The maximum Gasteiger partial charge on any atom is 0.332 e. The van der Waals surface area contributed by atoms with E-state index < -0.39 is 6.03 Å². The number of benzene rings is 2. The lowest BCUT2D eigenvalue weighted by atomic mass is 9.92. The lowest BCUT2D eigenvalue weighted by Crippen LogP contribution is -2.24. The van der Waals surface area contributed by atoms with Gasteiger partial charge in [0.25, 0.3) is 0 Å². The van der Waals surface area contributed by atoms with Gasteiger partial charge >= 0.3 is 6.03 Å². The summed E-state index contributed by atoms with van der Waals surface area (Å²) in [5.41, 5.74) is 9.42. The summed E-state index contributed by atoms with van der Waals surface area (Å²) in [4.78, 5) is 10.7. The third kappa shape index (κ3) is 3.67. The van der Waals surface area contributed by atoms with E-state index in [9.17, 15) is 4.79 Å². The Morgan fingerprint density at radius 3 is 1.89 bits per heavy atom. The smallest absolute Gasteiger partial charge is 0.332 e. The third-order valence-corrected chi connectivity index (χ3v) is 2.72. The van der Waals surface area contributed by atoms with E-state index in [-0.39, 0.29) is 5.92 Å². The molecule has 0 radical (unpaired) electrons. The molecule has 0 bridgehead atoms. The molecule has 2 amide bonds. The van der Waals surface area contributed by atoms with Gasteiger partial charge in [0.05, 0.1) is 0 Å². The lowest BCUT2D eigenvalue weighted by molar-refractivity contribution is 0.249. The van der Waals surface area contributed by atoms with E-state index in [2.05, 4.69) is 10.5 Å². The molecular formula is C15H15N3O. The van der Waals surface area contributed by atoms with E-state index in [1.807, 2.05) is 60.7 Å². The second-order valence-corrected chi connectivity index (χ2v) is 4.05. The molecule has 0 spiro atoms. The number of nitrogens with one attached hydrogen (secondary N) is 1. The predicted octanol–water partition coefficient (Wildman–Crippen LogP) is 2.47. The van der Waals surface area contributed by atoms with Gasteiger partial charge in [-0.05, 0) is 11.1 Å². The van der Waals surface area contributed by atoms with Gasteiger partial charge in [0.2, 0.25) is 0 Å². The van der Waals surface area contributed by atoms with Crippen LogP contribution in [0, 0.1) is 0 Å². The van der Waals surface area contributed by atoms with Crippen molar-refractivity contribution in [1.29, 1.82) is 0 Å². The molecule has 0 saturated carbocycles. The minimum Gasteiger partial charge on any atom is -0.350 e. The van der Waals surface area contributed by atoms with Crippen LogP contribution in [0.1, 0.15) is 17.0 Å². The Bertz CT molecular complexity index is 513. The molecule has 2 aromatic carbocycles. The fourth-order valence-corrected chi connectivity index (χ4v) is 1.86. The Kier molecular flexibility index (Phi) is 4.29. The molecule has 3 N–H and O–H groups in total. The van der Waals surface area contributed by atoms with E-state index in [1.54, 1.807) is 6.21 Å². The quantitative estimate of drug-likeness (QED) is 0.638. The van der Waals surface area contributed by atoms with Gasteiger partial charge in [0, 0.05) is 12.1 Å². The van der Waals surface area contributed by atoms with Crippen LogP contribution < -0.4 is 11.2 Å². The zero-order valence-corrected chi connectivity index (χ0v) is 10.4. The minimum atomic E-state index is -0.670. The Balaban J connectivity index is 2.29. The van der Waals surface area contributed by atoms with Gasteiger partial charge in [-0.3, -0.25) is 0 Å². The number of primary amides is 1. The number of hydrogen-bond donors (Lipinski definition) is 2. The fraction of sp³-hybridized carbons (Fsp3) is 0.0667. The average Bonchev–Trinajstić information content (AvgIpc) is 2.45. The zero-order chi connectivity index (χ0) is 13.5. The maximum absolute atomic E-state index is 10.7. The zero-order valence-electron chi connectivity index (χ0n) is 10.4. The van der Waals surface area contributed by atoms with Crippen molar-refractivity contribution in [3.63, 3.8) is 0 Å². The number of urea groups is 1. The van der Waals surface area contributed by atoms with E-state index in [0.717, 1.165) is 11.1 Å². The van der Waals surface area contributed by atoms with E-state index in [0.29, 0.717) is 0 Å². The number of hydrogen-bond acceptors (Lipinski definition) is 2. The standard InChI is InChI=1S/C15H15N3O/c16-15(19)18-17-11-14(12-7-3-1-4-8-12)13-9-5-2-6-10-13/h1-11,14H,(H3,16,18,19)/b17-11-. The SMILES string of the molecule is NC(=O)N/N=C\C(c1ccccc1)c1ccccc1. The van der Waals surface area contributed by atoms with Crippen molar-refractivity contribution in [3.05, 3.63) is 71.8 Å². The van der Waals surface area contributed by atoms with Gasteiger partial charge < -0.3 is 5.73 Å². The third-order valence-electron chi connectivity index (χ3n) is 2.72. The number of nitrogens with zero attached hydrogens (tertiary/aromatic N) is 1. The van der Waals surface area contributed by atoms with Gasteiger partial charge in [0.15, 0.2) is 0 Å². The van der Waals surface area contributed by atoms with Gasteiger partial charge in [-0.25, -0.2) is 10.2 Å². The number of hydrazone groups is 1. The number of rotatable bonds is 4. The Morgan fingerprint density at radius 2 is 1.47 bits per heavy atom. The van der Waals surface area contributed by atoms with Crippen LogP contribution in [0.3, 0.4) is 0 Å². The average molecular weight is 253 g/mol. The highest BCUT2D eigenvalue weighted by Crippen LogP contribution is 2.22. The van der Waals surface area contributed by atoms with Gasteiger partial charge in [-0.2, -0.15) is 5.10 Å². The fourth-order valence-electron chi connectivity index (χ4n) is 1.86. The summed E-state index contributed by atoms with van der Waals surface area (Å²) < 4.78 is 0. The van der Waals surface area contributed by atoms with Crippen LogP contribution in [0.15, 0.2) is 65.8 Å². The van der Waals surface area contributed by atoms with Crippen molar-refractivity contribution in [3.8, 4) is 0 Å². The predicted molar refractivity (Wildman–Crippen MR) is 75.9 cm³/mol. The summed E-state index contributed by atoms with van der Waals surface area (Å²) in [6.45, 7) is 0. The first-order valence-corrected chi connectivity index (χ1v) is 5.96. The monoisotopic (exact) mass is 253 g/mol. The Hall–Kier alpha value is -2.62. The van der Waals surface area contributed by atoms with Crippen molar-refractivity contribution in [2.45, 2.75) is 5.92 Å². The number of nitrogens with two attached hydrogens (primary N) is 1. The minimum absolute atomic E-state index is 0.0192. The highest BCUT2D eigenvalue weighted by Gasteiger charge is 2.10. The van der Waals surface area contributed by atoms with Crippen molar-refractivity contribution in [2.75, 3.05) is 0 Å². The highest BCUT2D eigenvalue weighted by atomic mass is 16.2. The molecule has 0 fully saturated rings. The molecule has 2 aromatic rings. The molecule has 0 unspecified atom stereocenters. The molecule has 4 nitrogen and oxygen atoms in total. The first kappa shape index (κ1) is 12.8. The molecule has 0 aliphatic rings. The van der Waals surface area contributed by atoms with Gasteiger partial charge in [-0.15, -0.1) is 0 Å². The summed E-state index contributed by atoms with van der Waals surface area (Å²) in [5, 5.41) is 3.87. The van der Waals surface area contributed by atoms with Crippen LogP contribution in [-0.4, -0.2) is 12.2 Å². The molecular weight excluding hydrogens is 238 g/mol. The topological polar surface area (TPSA) is 67.5 Å². The van der Waals surface area contributed by atoms with Crippen LogP contribution >= 0.6 is 0 Å². The molecule has 0 saturated heterocycles. The molecule has 96 valence electrons. The summed E-state index contributed by atoms with van der Waals surface area (Å²) in [5.74, 6) is -0.0192. The molecule has 0 aliphatic heterocycles. The summed E-state index contributed by atoms with van der Waals surface area (Å²) in [7, 11) is 0. The van der Waals surface area contributed by atoms with Crippen LogP contribution in [-0.2, 0) is 0 Å². The Labute approximate surface area is 112 Å². The van der Waals surface area contributed by atoms with E-state index in [1.165, 1.54) is 0 Å². The van der Waals surface area contributed by atoms with Crippen molar-refractivity contribution < 1.29 is 4.79 Å². The second kappa shape index (κ2) is 6.35. The molecule has 2 rings (SSSR count). The summed E-state index contributed by atoms with van der Waals surface area (Å²) in [6.07, 6.45) is 1.68. The first-order chi connectivity index (χ1) is 9.27. The largest absolute Gasteiger partial charge is 0.350 e. The number of carbonyl (C=O) groups excluding carboxylic acids is 1. The normalized spacial score (nSPS) is 10.8. The van der Waals surface area contributed by atoms with Crippen LogP contribution in [0.4, 0.5) is 4.79 Å². The van der Waals surface area contributed by atoms with Crippen molar-refractivity contribution >= 4 is 12.2 Å². The first-order valence-electron chi connectivity index (χ1n) is 5.96. The van der Waals surface area contributed by atoms with Crippen LogP contribution in [0.25, 0.3) is 0 Å². The molecule has 0 atom stereocenters. The second-order valence-electron chi connectivity index (χ2n) is 4.05. The molecule has 0 aromatic heterocycles. The lowest BCUT2D eigenvalue weighted by Gasteiger charge is -2.12. The van der Waals surface area contributed by atoms with Gasteiger partial charge in [-0.1, -0.05) is 60.7 Å². The molecule has 4 heteroatoms. The van der Waals surface area contributed by atoms with E-state index >= 15 is 0 Å². The molecule has 19 heavy (non-hydrogen) atoms. The van der Waals surface area contributed by atoms with Gasteiger partial charge in [0.1, 0.15) is 0 Å². The number of carbonyl (C=O) groups is 1. The van der Waals surface area contributed by atoms with E-state index in [4.69, 9.17) is 5.73 Å². The summed E-state index contributed by atoms with van der Waals surface area (Å²) >= 11 is 0. The Morgan fingerprint density at radius 1 is 1.00 bits per heavy atom. The highest BCUT2D eigenvalue weighted by molar-refractivity contribution is 5.76.